The van der Waals surface area contributed by atoms with Crippen LogP contribution in [0.3, 0.4) is 0 Å². The van der Waals surface area contributed by atoms with Gasteiger partial charge in [-0.1, -0.05) is 20.8 Å². The molecular weight excluding hydrogens is 332 g/mol. The quantitative estimate of drug-likeness (QED) is 0.715. The van der Waals surface area contributed by atoms with Crippen LogP contribution in [0.2, 0.25) is 0 Å². The van der Waals surface area contributed by atoms with Crippen LogP contribution in [0, 0.1) is 22.7 Å². The first-order valence-electron chi connectivity index (χ1n) is 9.71. The van der Waals surface area contributed by atoms with Crippen molar-refractivity contribution in [2.75, 3.05) is 6.61 Å². The number of cyclic esters (lactones) is 1. The number of ether oxygens (including phenoxy) is 2. The molecule has 0 spiro atoms. The molecule has 1 aliphatic heterocycles. The molecular formula is C21H30O5. The number of Topliss-reactive ketones (excluding diaryl/α,β-unsaturated/α-hetero) is 1. The van der Waals surface area contributed by atoms with E-state index in [4.69, 9.17) is 9.47 Å². The van der Waals surface area contributed by atoms with Gasteiger partial charge in [-0.2, -0.15) is 0 Å². The summed E-state index contributed by atoms with van der Waals surface area (Å²) in [5.41, 5.74) is 0.500. The lowest BCUT2D eigenvalue weighted by molar-refractivity contribution is -0.178. The van der Waals surface area contributed by atoms with Crippen LogP contribution in [0.4, 0.5) is 0 Å². The first-order chi connectivity index (χ1) is 12.2. The molecule has 2 saturated carbocycles. The second-order valence-electron chi connectivity index (χ2n) is 8.94. The largest absolute Gasteiger partial charge is 0.462 e. The SMILES string of the molecule is CC(=O)OC1CC2(C)CC(=O)CCC2C(C)(CCC2=CCOC2=O)C1C. The number of carbonyl (C=O) groups excluding carboxylic acids is 3. The van der Waals surface area contributed by atoms with E-state index in [1.807, 2.05) is 6.08 Å². The molecule has 26 heavy (non-hydrogen) atoms. The van der Waals surface area contributed by atoms with Gasteiger partial charge in [0, 0.05) is 25.3 Å². The molecule has 0 bridgehead atoms. The maximum absolute atomic E-state index is 12.2. The standard InChI is InChI=1S/C21H30O5/c1-13-17(26-14(2)22)12-20(3)11-16(23)5-6-18(20)21(13,4)9-7-15-8-10-25-19(15)24/h8,13,17-18H,5-7,9-12H2,1-4H3. The van der Waals surface area contributed by atoms with Crippen molar-refractivity contribution >= 4 is 17.7 Å². The fourth-order valence-corrected chi connectivity index (χ4v) is 5.80. The second-order valence-corrected chi connectivity index (χ2v) is 8.94. The summed E-state index contributed by atoms with van der Waals surface area (Å²) >= 11 is 0. The Morgan fingerprint density at radius 1 is 1.35 bits per heavy atom. The molecule has 5 heteroatoms. The van der Waals surface area contributed by atoms with Crippen molar-refractivity contribution < 1.29 is 23.9 Å². The average molecular weight is 362 g/mol. The predicted molar refractivity (Wildman–Crippen MR) is 96.2 cm³/mol. The van der Waals surface area contributed by atoms with E-state index in [-0.39, 0.29) is 34.8 Å². The molecule has 5 atom stereocenters. The molecule has 0 radical (unpaired) electrons. The van der Waals surface area contributed by atoms with Gasteiger partial charge in [0.1, 0.15) is 18.5 Å². The lowest BCUT2D eigenvalue weighted by atomic mass is 9.46. The van der Waals surface area contributed by atoms with Gasteiger partial charge >= 0.3 is 11.9 Å². The Morgan fingerprint density at radius 2 is 2.08 bits per heavy atom. The molecule has 2 aliphatic carbocycles. The summed E-state index contributed by atoms with van der Waals surface area (Å²) in [5.74, 6) is 0.387. The van der Waals surface area contributed by atoms with Gasteiger partial charge in [0.25, 0.3) is 0 Å². The van der Waals surface area contributed by atoms with Gasteiger partial charge in [-0.3, -0.25) is 9.59 Å². The smallest absolute Gasteiger partial charge is 0.334 e. The normalized spacial score (nSPS) is 39.8. The van der Waals surface area contributed by atoms with Crippen LogP contribution in [-0.4, -0.2) is 30.4 Å². The van der Waals surface area contributed by atoms with Crippen molar-refractivity contribution in [3.05, 3.63) is 11.6 Å². The summed E-state index contributed by atoms with van der Waals surface area (Å²) in [6.07, 6.45) is 6.00. The Labute approximate surface area is 155 Å². The predicted octanol–water partition coefficient (Wildman–Crippen LogP) is 3.60. The number of hydrogen-bond acceptors (Lipinski definition) is 5. The Bertz CT molecular complexity index is 651. The van der Waals surface area contributed by atoms with Crippen molar-refractivity contribution in [1.29, 1.82) is 0 Å². The molecule has 3 aliphatic rings. The molecule has 0 saturated heterocycles. The highest BCUT2D eigenvalue weighted by Gasteiger charge is 2.58. The van der Waals surface area contributed by atoms with Crippen LogP contribution in [0.5, 0.6) is 0 Å². The van der Waals surface area contributed by atoms with E-state index in [9.17, 15) is 14.4 Å². The zero-order chi connectivity index (χ0) is 19.1. The molecule has 0 aromatic rings. The fourth-order valence-electron chi connectivity index (χ4n) is 5.80. The van der Waals surface area contributed by atoms with Crippen molar-refractivity contribution in [2.24, 2.45) is 22.7 Å². The van der Waals surface area contributed by atoms with Crippen molar-refractivity contribution in [1.82, 2.24) is 0 Å². The van der Waals surface area contributed by atoms with E-state index in [1.54, 1.807) is 0 Å². The zero-order valence-electron chi connectivity index (χ0n) is 16.3. The van der Waals surface area contributed by atoms with Crippen molar-refractivity contribution in [3.63, 3.8) is 0 Å². The monoisotopic (exact) mass is 362 g/mol. The molecule has 5 unspecified atom stereocenters. The summed E-state index contributed by atoms with van der Waals surface area (Å²) < 4.78 is 10.7. The first kappa shape index (κ1) is 19.1. The Morgan fingerprint density at radius 3 is 2.69 bits per heavy atom. The van der Waals surface area contributed by atoms with Crippen LogP contribution < -0.4 is 0 Å². The minimum absolute atomic E-state index is 0.0997. The third-order valence-electron chi connectivity index (χ3n) is 7.27. The maximum Gasteiger partial charge on any atom is 0.334 e. The third-order valence-corrected chi connectivity index (χ3v) is 7.27. The minimum atomic E-state index is -0.268. The molecule has 2 fully saturated rings. The third kappa shape index (κ3) is 3.33. The number of esters is 2. The second kappa shape index (κ2) is 6.82. The maximum atomic E-state index is 12.2. The van der Waals surface area contributed by atoms with Crippen LogP contribution in [0.15, 0.2) is 11.6 Å². The molecule has 1 heterocycles. The number of fused-ring (bicyclic) bond motifs is 1. The summed E-state index contributed by atoms with van der Waals surface area (Å²) in [7, 11) is 0. The summed E-state index contributed by atoms with van der Waals surface area (Å²) in [6.45, 7) is 8.41. The average Bonchev–Trinajstić information content (AvgIpc) is 2.94. The van der Waals surface area contributed by atoms with E-state index < -0.39 is 0 Å². The van der Waals surface area contributed by atoms with Crippen LogP contribution in [0.25, 0.3) is 0 Å². The number of ketones is 1. The molecule has 0 aromatic carbocycles. The van der Waals surface area contributed by atoms with Gasteiger partial charge in [-0.25, -0.2) is 4.79 Å². The summed E-state index contributed by atoms with van der Waals surface area (Å²) in [6, 6.07) is 0. The van der Waals surface area contributed by atoms with E-state index in [0.717, 1.165) is 24.8 Å². The molecule has 5 nitrogen and oxygen atoms in total. The molecule has 0 amide bonds. The fraction of sp³-hybridized carbons (Fsp3) is 0.762. The summed E-state index contributed by atoms with van der Waals surface area (Å²) in [4.78, 5) is 35.7. The van der Waals surface area contributed by atoms with Gasteiger partial charge in [0.15, 0.2) is 0 Å². The van der Waals surface area contributed by atoms with Gasteiger partial charge in [0.2, 0.25) is 0 Å². The van der Waals surface area contributed by atoms with Gasteiger partial charge < -0.3 is 9.47 Å². The Balaban J connectivity index is 1.88. The zero-order valence-corrected chi connectivity index (χ0v) is 16.3. The van der Waals surface area contributed by atoms with Crippen molar-refractivity contribution in [3.8, 4) is 0 Å². The highest BCUT2D eigenvalue weighted by atomic mass is 16.5. The van der Waals surface area contributed by atoms with E-state index in [0.29, 0.717) is 37.6 Å². The van der Waals surface area contributed by atoms with Crippen LogP contribution in [0.1, 0.15) is 66.2 Å². The van der Waals surface area contributed by atoms with Gasteiger partial charge in [0.05, 0.1) is 0 Å². The van der Waals surface area contributed by atoms with E-state index in [2.05, 4.69) is 20.8 Å². The molecule has 3 rings (SSSR count). The van der Waals surface area contributed by atoms with Crippen LogP contribution in [-0.2, 0) is 23.9 Å². The topological polar surface area (TPSA) is 69.7 Å². The minimum Gasteiger partial charge on any atom is -0.462 e. The summed E-state index contributed by atoms with van der Waals surface area (Å²) in [5, 5.41) is 0. The Kier molecular flexibility index (Phi) is 5.02. The first-order valence-corrected chi connectivity index (χ1v) is 9.71. The number of carbonyl (C=O) groups is 3. The highest BCUT2D eigenvalue weighted by Crippen LogP contribution is 2.61. The molecule has 144 valence electrons. The van der Waals surface area contributed by atoms with Crippen molar-refractivity contribution in [2.45, 2.75) is 72.3 Å². The lowest BCUT2D eigenvalue weighted by Gasteiger charge is -2.59. The highest BCUT2D eigenvalue weighted by molar-refractivity contribution is 5.90. The van der Waals surface area contributed by atoms with Gasteiger partial charge in [-0.15, -0.1) is 0 Å². The molecule has 0 aromatic heterocycles. The Hall–Kier alpha value is -1.65. The van der Waals surface area contributed by atoms with E-state index >= 15 is 0 Å². The van der Waals surface area contributed by atoms with E-state index in [1.165, 1.54) is 6.92 Å². The molecule has 0 N–H and O–H groups in total. The van der Waals surface area contributed by atoms with Crippen LogP contribution >= 0.6 is 0 Å². The number of hydrogen-bond donors (Lipinski definition) is 0. The number of rotatable bonds is 4. The lowest BCUT2D eigenvalue weighted by Crippen LogP contribution is -2.56. The van der Waals surface area contributed by atoms with Gasteiger partial charge in [-0.05, 0) is 54.4 Å².